The number of hydrogen-bond donors (Lipinski definition) is 2. The average Bonchev–Trinajstić information content (AvgIpc) is 2.56. The van der Waals surface area contributed by atoms with E-state index in [1.54, 1.807) is 0 Å². The van der Waals surface area contributed by atoms with Gasteiger partial charge in [0.05, 0.1) is 16.7 Å². The molecule has 0 bridgehead atoms. The second-order valence-corrected chi connectivity index (χ2v) is 5.73. The summed E-state index contributed by atoms with van der Waals surface area (Å²) in [6.45, 7) is 2.09. The summed E-state index contributed by atoms with van der Waals surface area (Å²) in [5.41, 5.74) is 11.9. The highest BCUT2D eigenvalue weighted by atomic mass is 14.9. The first-order chi connectivity index (χ1) is 11.2. The number of para-hydroxylation sites is 2. The summed E-state index contributed by atoms with van der Waals surface area (Å²) >= 11 is 0. The maximum atomic E-state index is 5.91. The molecule has 0 saturated heterocycles. The van der Waals surface area contributed by atoms with E-state index in [1.165, 1.54) is 5.56 Å². The Labute approximate surface area is 134 Å². The molecule has 3 nitrogen and oxygen atoms in total. The predicted molar refractivity (Wildman–Crippen MR) is 98.1 cm³/mol. The van der Waals surface area contributed by atoms with Crippen molar-refractivity contribution < 1.29 is 0 Å². The number of pyridine rings is 1. The lowest BCUT2D eigenvalue weighted by Gasteiger charge is -2.14. The molecule has 0 amide bonds. The average molecular weight is 299 g/mol. The molecule has 0 aliphatic heterocycles. The summed E-state index contributed by atoms with van der Waals surface area (Å²) in [6.07, 6.45) is 0. The fourth-order valence-corrected chi connectivity index (χ4v) is 2.95. The molecule has 0 fully saturated rings. The lowest BCUT2D eigenvalue weighted by Crippen LogP contribution is -1.97. The van der Waals surface area contributed by atoms with E-state index in [0.29, 0.717) is 0 Å². The van der Waals surface area contributed by atoms with Crippen molar-refractivity contribution in [3.8, 4) is 0 Å². The molecule has 0 unspecified atom stereocenters. The number of nitrogens with two attached hydrogens (primary N) is 1. The monoisotopic (exact) mass is 299 g/mol. The number of nitrogen functional groups attached to an aromatic ring is 1. The minimum Gasteiger partial charge on any atom is -0.399 e. The Balaban J connectivity index is 2.03. The Bertz CT molecular complexity index is 1020. The number of benzene rings is 3. The van der Waals surface area contributed by atoms with Crippen LogP contribution in [0.5, 0.6) is 0 Å². The smallest absolute Gasteiger partial charge is 0.0759 e. The summed E-state index contributed by atoms with van der Waals surface area (Å²) < 4.78 is 0. The zero-order valence-corrected chi connectivity index (χ0v) is 12.9. The van der Waals surface area contributed by atoms with Crippen LogP contribution in [-0.4, -0.2) is 4.98 Å². The summed E-state index contributed by atoms with van der Waals surface area (Å²) in [6, 6.07) is 22.3. The first kappa shape index (κ1) is 13.6. The second kappa shape index (κ2) is 5.29. The molecule has 0 atom stereocenters. The zero-order chi connectivity index (χ0) is 15.8. The third kappa shape index (κ3) is 2.36. The van der Waals surface area contributed by atoms with Crippen LogP contribution >= 0.6 is 0 Å². The van der Waals surface area contributed by atoms with Crippen LogP contribution in [0.4, 0.5) is 17.1 Å². The van der Waals surface area contributed by atoms with Crippen molar-refractivity contribution in [2.24, 2.45) is 0 Å². The Morgan fingerprint density at radius 2 is 1.65 bits per heavy atom. The van der Waals surface area contributed by atoms with Gasteiger partial charge in [-0.3, -0.25) is 0 Å². The van der Waals surface area contributed by atoms with Crippen molar-refractivity contribution in [1.29, 1.82) is 0 Å². The Hall–Kier alpha value is -3.07. The van der Waals surface area contributed by atoms with E-state index in [0.717, 1.165) is 38.9 Å². The Kier molecular flexibility index (Phi) is 3.12. The van der Waals surface area contributed by atoms with E-state index < -0.39 is 0 Å². The standard InChI is InChI=1S/C20H17N3/c1-13-6-4-10-17-19(13)23-18-11-3-2-9-16(18)20(17)22-15-8-5-7-14(21)12-15/h2-12H,21H2,1H3,(H,22,23). The van der Waals surface area contributed by atoms with Gasteiger partial charge < -0.3 is 11.1 Å². The normalized spacial score (nSPS) is 11.0. The van der Waals surface area contributed by atoms with Gasteiger partial charge in [-0.25, -0.2) is 4.98 Å². The lowest BCUT2D eigenvalue weighted by molar-refractivity contribution is 1.42. The number of rotatable bonds is 2. The van der Waals surface area contributed by atoms with Crippen molar-refractivity contribution in [2.75, 3.05) is 11.1 Å². The third-order valence-electron chi connectivity index (χ3n) is 4.07. The molecule has 3 aromatic carbocycles. The van der Waals surface area contributed by atoms with Crippen LogP contribution in [0.3, 0.4) is 0 Å². The molecular formula is C20H17N3. The molecule has 3 heteroatoms. The predicted octanol–water partition coefficient (Wildman–Crippen LogP) is 5.02. The van der Waals surface area contributed by atoms with Crippen LogP contribution in [0.15, 0.2) is 66.7 Å². The molecule has 1 aromatic heterocycles. The molecule has 3 N–H and O–H groups in total. The van der Waals surface area contributed by atoms with Gasteiger partial charge in [-0.2, -0.15) is 0 Å². The van der Waals surface area contributed by atoms with Gasteiger partial charge in [0, 0.05) is 22.1 Å². The van der Waals surface area contributed by atoms with Gasteiger partial charge in [-0.1, -0.05) is 42.5 Å². The van der Waals surface area contributed by atoms with Crippen LogP contribution in [0, 0.1) is 6.92 Å². The molecule has 0 aliphatic rings. The number of aromatic nitrogens is 1. The fraction of sp³-hybridized carbons (Fsp3) is 0.0500. The first-order valence-electron chi connectivity index (χ1n) is 7.63. The summed E-state index contributed by atoms with van der Waals surface area (Å²) in [5.74, 6) is 0. The number of anilines is 3. The Morgan fingerprint density at radius 1 is 0.870 bits per heavy atom. The van der Waals surface area contributed by atoms with E-state index in [4.69, 9.17) is 10.7 Å². The van der Waals surface area contributed by atoms with Crippen molar-refractivity contribution >= 4 is 38.9 Å². The molecule has 0 spiro atoms. The molecule has 0 radical (unpaired) electrons. The van der Waals surface area contributed by atoms with Crippen LogP contribution in [0.1, 0.15) is 5.56 Å². The molecule has 4 aromatic rings. The van der Waals surface area contributed by atoms with Crippen LogP contribution in [0.25, 0.3) is 21.8 Å². The van der Waals surface area contributed by atoms with E-state index in [1.807, 2.05) is 42.5 Å². The maximum Gasteiger partial charge on any atom is 0.0759 e. The van der Waals surface area contributed by atoms with Crippen molar-refractivity contribution in [1.82, 2.24) is 4.98 Å². The van der Waals surface area contributed by atoms with Crippen LogP contribution in [-0.2, 0) is 0 Å². The zero-order valence-electron chi connectivity index (χ0n) is 12.9. The highest BCUT2D eigenvalue weighted by Gasteiger charge is 2.10. The maximum absolute atomic E-state index is 5.91. The summed E-state index contributed by atoms with van der Waals surface area (Å²) in [7, 11) is 0. The molecule has 0 aliphatic carbocycles. The summed E-state index contributed by atoms with van der Waals surface area (Å²) in [4.78, 5) is 4.83. The van der Waals surface area contributed by atoms with Crippen molar-refractivity contribution in [3.63, 3.8) is 0 Å². The van der Waals surface area contributed by atoms with Gasteiger partial charge in [0.2, 0.25) is 0 Å². The Morgan fingerprint density at radius 3 is 2.52 bits per heavy atom. The van der Waals surface area contributed by atoms with Gasteiger partial charge in [0.25, 0.3) is 0 Å². The highest BCUT2D eigenvalue weighted by molar-refractivity contribution is 6.09. The number of aryl methyl sites for hydroxylation is 1. The molecule has 112 valence electrons. The molecule has 0 saturated carbocycles. The van der Waals surface area contributed by atoms with E-state index in [2.05, 4.69) is 36.5 Å². The van der Waals surface area contributed by atoms with Crippen LogP contribution < -0.4 is 11.1 Å². The lowest BCUT2D eigenvalue weighted by atomic mass is 10.0. The molecule has 1 heterocycles. The fourth-order valence-electron chi connectivity index (χ4n) is 2.95. The highest BCUT2D eigenvalue weighted by Crippen LogP contribution is 2.34. The van der Waals surface area contributed by atoms with Gasteiger partial charge >= 0.3 is 0 Å². The quantitative estimate of drug-likeness (QED) is 0.403. The molecule has 23 heavy (non-hydrogen) atoms. The van der Waals surface area contributed by atoms with E-state index >= 15 is 0 Å². The van der Waals surface area contributed by atoms with Gasteiger partial charge in [-0.05, 0) is 36.8 Å². The second-order valence-electron chi connectivity index (χ2n) is 5.73. The summed E-state index contributed by atoms with van der Waals surface area (Å²) in [5, 5.41) is 5.76. The first-order valence-corrected chi connectivity index (χ1v) is 7.63. The third-order valence-corrected chi connectivity index (χ3v) is 4.07. The van der Waals surface area contributed by atoms with E-state index in [9.17, 15) is 0 Å². The number of fused-ring (bicyclic) bond motifs is 2. The number of hydrogen-bond acceptors (Lipinski definition) is 3. The van der Waals surface area contributed by atoms with Crippen LogP contribution in [0.2, 0.25) is 0 Å². The largest absolute Gasteiger partial charge is 0.399 e. The molecular weight excluding hydrogens is 282 g/mol. The number of nitrogens with zero attached hydrogens (tertiary/aromatic N) is 1. The van der Waals surface area contributed by atoms with Crippen molar-refractivity contribution in [2.45, 2.75) is 6.92 Å². The topological polar surface area (TPSA) is 50.9 Å². The minimum absolute atomic E-state index is 0.744. The minimum atomic E-state index is 0.744. The van der Waals surface area contributed by atoms with Gasteiger partial charge in [-0.15, -0.1) is 0 Å². The van der Waals surface area contributed by atoms with Gasteiger partial charge in [0.1, 0.15) is 0 Å². The van der Waals surface area contributed by atoms with E-state index in [-0.39, 0.29) is 0 Å². The SMILES string of the molecule is Cc1cccc2c(Nc3cccc(N)c3)c3ccccc3nc12. The van der Waals surface area contributed by atoms with Gasteiger partial charge in [0.15, 0.2) is 0 Å². The molecule has 4 rings (SSSR count). The van der Waals surface area contributed by atoms with Crippen molar-refractivity contribution in [3.05, 3.63) is 72.3 Å². The number of nitrogens with one attached hydrogen (secondary N) is 1.